The third-order valence-electron chi connectivity index (χ3n) is 5.16. The first-order valence-electron chi connectivity index (χ1n) is 8.69. The number of aromatic amines is 1. The van der Waals surface area contributed by atoms with Gasteiger partial charge in [-0.05, 0) is 37.9 Å². The Kier molecular flexibility index (Phi) is 4.06. The zero-order valence-corrected chi connectivity index (χ0v) is 14.0. The van der Waals surface area contributed by atoms with Gasteiger partial charge in [0.25, 0.3) is 5.91 Å². The number of fused-ring (bicyclic) bond motifs is 1. The van der Waals surface area contributed by atoms with E-state index in [2.05, 4.69) is 33.2 Å². The third kappa shape index (κ3) is 2.71. The van der Waals surface area contributed by atoms with E-state index in [9.17, 15) is 4.79 Å². The van der Waals surface area contributed by atoms with Crippen molar-refractivity contribution >= 4 is 5.91 Å². The van der Waals surface area contributed by atoms with Crippen LogP contribution in [-0.4, -0.2) is 51.0 Å². The van der Waals surface area contributed by atoms with Gasteiger partial charge in [0, 0.05) is 49.7 Å². The predicted octanol–water partition coefficient (Wildman–Crippen LogP) is 2.16. The molecular weight excluding hydrogens is 302 g/mol. The molecule has 0 aliphatic carbocycles. The highest BCUT2D eigenvalue weighted by Crippen LogP contribution is 2.32. The van der Waals surface area contributed by atoms with Crippen LogP contribution in [0.4, 0.5) is 0 Å². The average molecular weight is 325 g/mol. The molecule has 2 aromatic heterocycles. The van der Waals surface area contributed by atoms with E-state index in [4.69, 9.17) is 0 Å². The van der Waals surface area contributed by atoms with Crippen LogP contribution in [0.3, 0.4) is 0 Å². The molecule has 2 aromatic rings. The summed E-state index contributed by atoms with van der Waals surface area (Å²) in [4.78, 5) is 21.7. The molecule has 0 spiro atoms. The monoisotopic (exact) mass is 325 g/mol. The minimum Gasteiger partial charge on any atom is -0.330 e. The standard InChI is InChI=1S/C18H23N5O/c1-22-10-7-15-14(12-22)17(21-20-15)18(24)23-9-3-2-6-16(23)13-5-4-8-19-11-13/h4-5,8,11,16H,2-3,6-7,9-10,12H2,1H3,(H,20,21). The number of hydrogen-bond donors (Lipinski definition) is 1. The van der Waals surface area contributed by atoms with E-state index in [1.165, 1.54) is 0 Å². The number of nitrogens with zero attached hydrogens (tertiary/aromatic N) is 4. The normalized spacial score (nSPS) is 21.5. The molecule has 0 saturated carbocycles. The van der Waals surface area contributed by atoms with Crippen molar-refractivity contribution in [3.63, 3.8) is 0 Å². The number of hydrogen-bond acceptors (Lipinski definition) is 4. The van der Waals surface area contributed by atoms with E-state index in [1.807, 2.05) is 17.2 Å². The molecule has 1 unspecified atom stereocenters. The predicted molar refractivity (Wildman–Crippen MR) is 90.5 cm³/mol. The summed E-state index contributed by atoms with van der Waals surface area (Å²) in [7, 11) is 2.09. The van der Waals surface area contributed by atoms with Crippen LogP contribution in [-0.2, 0) is 13.0 Å². The summed E-state index contributed by atoms with van der Waals surface area (Å²) in [5, 5.41) is 7.46. The Morgan fingerprint density at radius 2 is 2.25 bits per heavy atom. The second-order valence-corrected chi connectivity index (χ2v) is 6.81. The first-order valence-corrected chi connectivity index (χ1v) is 8.69. The maximum Gasteiger partial charge on any atom is 0.275 e. The Bertz CT molecular complexity index is 726. The van der Waals surface area contributed by atoms with Gasteiger partial charge in [0.05, 0.1) is 6.04 Å². The van der Waals surface area contributed by atoms with Crippen molar-refractivity contribution in [3.05, 3.63) is 47.0 Å². The average Bonchev–Trinajstić information content (AvgIpc) is 3.05. The Morgan fingerprint density at radius 1 is 1.33 bits per heavy atom. The number of amides is 1. The zero-order valence-electron chi connectivity index (χ0n) is 14.0. The Hall–Kier alpha value is -2.21. The smallest absolute Gasteiger partial charge is 0.275 e. The Labute approximate surface area is 141 Å². The van der Waals surface area contributed by atoms with Gasteiger partial charge >= 0.3 is 0 Å². The molecule has 1 atom stereocenters. The quantitative estimate of drug-likeness (QED) is 0.919. The van der Waals surface area contributed by atoms with E-state index >= 15 is 0 Å². The molecule has 1 saturated heterocycles. The molecule has 0 aromatic carbocycles. The van der Waals surface area contributed by atoms with Crippen LogP contribution in [0.2, 0.25) is 0 Å². The second kappa shape index (κ2) is 6.36. The summed E-state index contributed by atoms with van der Waals surface area (Å²) >= 11 is 0. The number of piperidine rings is 1. The number of H-pyrrole nitrogens is 1. The van der Waals surface area contributed by atoms with E-state index in [1.54, 1.807) is 6.20 Å². The third-order valence-corrected chi connectivity index (χ3v) is 5.16. The molecule has 4 heterocycles. The van der Waals surface area contributed by atoms with Crippen LogP contribution >= 0.6 is 0 Å². The van der Waals surface area contributed by atoms with Gasteiger partial charge in [-0.3, -0.25) is 14.9 Å². The number of likely N-dealkylation sites (N-methyl/N-ethyl adjacent to an activating group) is 1. The zero-order chi connectivity index (χ0) is 16.5. The molecule has 1 N–H and O–H groups in total. The summed E-state index contributed by atoms with van der Waals surface area (Å²) in [6.07, 6.45) is 7.77. The lowest BCUT2D eigenvalue weighted by atomic mass is 9.95. The minimum atomic E-state index is 0.0522. The molecule has 4 rings (SSSR count). The first-order chi connectivity index (χ1) is 11.7. The molecule has 6 heteroatoms. The van der Waals surface area contributed by atoms with Crippen molar-refractivity contribution in [2.45, 2.75) is 38.3 Å². The molecule has 24 heavy (non-hydrogen) atoms. The van der Waals surface area contributed by atoms with Crippen LogP contribution in [0.15, 0.2) is 24.5 Å². The molecule has 6 nitrogen and oxygen atoms in total. The molecule has 126 valence electrons. The van der Waals surface area contributed by atoms with E-state index in [0.717, 1.165) is 62.1 Å². The van der Waals surface area contributed by atoms with Crippen LogP contribution in [0.25, 0.3) is 0 Å². The first kappa shape index (κ1) is 15.3. The van der Waals surface area contributed by atoms with Crippen molar-refractivity contribution < 1.29 is 4.79 Å². The van der Waals surface area contributed by atoms with Gasteiger partial charge in [-0.2, -0.15) is 5.10 Å². The second-order valence-electron chi connectivity index (χ2n) is 6.81. The van der Waals surface area contributed by atoms with Crippen LogP contribution in [0.1, 0.15) is 52.6 Å². The minimum absolute atomic E-state index is 0.0522. The lowest BCUT2D eigenvalue weighted by molar-refractivity contribution is 0.0602. The van der Waals surface area contributed by atoms with Crippen LogP contribution < -0.4 is 0 Å². The van der Waals surface area contributed by atoms with Gasteiger partial charge < -0.3 is 9.80 Å². The maximum atomic E-state index is 13.2. The Morgan fingerprint density at radius 3 is 3.08 bits per heavy atom. The van der Waals surface area contributed by atoms with Crippen molar-refractivity contribution in [2.75, 3.05) is 20.1 Å². The number of carbonyl (C=O) groups is 1. The van der Waals surface area contributed by atoms with Gasteiger partial charge in [-0.1, -0.05) is 6.07 Å². The maximum absolute atomic E-state index is 13.2. The summed E-state index contributed by atoms with van der Waals surface area (Å²) in [5.41, 5.74) is 3.91. The van der Waals surface area contributed by atoms with E-state index < -0.39 is 0 Å². The summed E-state index contributed by atoms with van der Waals surface area (Å²) in [5.74, 6) is 0.0522. The van der Waals surface area contributed by atoms with E-state index in [-0.39, 0.29) is 11.9 Å². The van der Waals surface area contributed by atoms with Crippen molar-refractivity contribution in [1.82, 2.24) is 25.0 Å². The number of aromatic nitrogens is 3. The number of carbonyl (C=O) groups excluding carboxylic acids is 1. The number of pyridine rings is 1. The number of likely N-dealkylation sites (tertiary alicyclic amines) is 1. The largest absolute Gasteiger partial charge is 0.330 e. The molecule has 2 aliphatic rings. The summed E-state index contributed by atoms with van der Waals surface area (Å²) < 4.78 is 0. The fourth-order valence-electron chi connectivity index (χ4n) is 3.84. The van der Waals surface area contributed by atoms with Crippen molar-refractivity contribution in [3.8, 4) is 0 Å². The topological polar surface area (TPSA) is 65.1 Å². The highest BCUT2D eigenvalue weighted by Gasteiger charge is 2.33. The number of rotatable bonds is 2. The molecule has 1 fully saturated rings. The summed E-state index contributed by atoms with van der Waals surface area (Å²) in [6, 6.07) is 4.11. The van der Waals surface area contributed by atoms with Crippen LogP contribution in [0.5, 0.6) is 0 Å². The SMILES string of the molecule is CN1CCc2[nH]nc(C(=O)N3CCCCC3c3cccnc3)c2C1. The molecule has 0 bridgehead atoms. The lowest BCUT2D eigenvalue weighted by Crippen LogP contribution is -2.39. The van der Waals surface area contributed by atoms with Crippen LogP contribution in [0, 0.1) is 0 Å². The lowest BCUT2D eigenvalue weighted by Gasteiger charge is -2.36. The van der Waals surface area contributed by atoms with Gasteiger partial charge in [-0.15, -0.1) is 0 Å². The fourth-order valence-corrected chi connectivity index (χ4v) is 3.84. The van der Waals surface area contributed by atoms with E-state index in [0.29, 0.717) is 5.69 Å². The van der Waals surface area contributed by atoms with Crippen molar-refractivity contribution in [1.29, 1.82) is 0 Å². The number of nitrogens with one attached hydrogen (secondary N) is 1. The molecule has 2 aliphatic heterocycles. The molecular formula is C18H23N5O. The van der Waals surface area contributed by atoms with Gasteiger partial charge in [-0.25, -0.2) is 0 Å². The van der Waals surface area contributed by atoms with Gasteiger partial charge in [0.2, 0.25) is 0 Å². The highest BCUT2D eigenvalue weighted by atomic mass is 16.2. The van der Waals surface area contributed by atoms with Gasteiger partial charge in [0.1, 0.15) is 0 Å². The Balaban J connectivity index is 1.64. The fraction of sp³-hybridized carbons (Fsp3) is 0.500. The summed E-state index contributed by atoms with van der Waals surface area (Å²) in [6.45, 7) is 2.58. The van der Waals surface area contributed by atoms with Gasteiger partial charge in [0.15, 0.2) is 5.69 Å². The molecule has 1 amide bonds. The highest BCUT2D eigenvalue weighted by molar-refractivity contribution is 5.94. The molecule has 0 radical (unpaired) electrons. The van der Waals surface area contributed by atoms with Crippen molar-refractivity contribution in [2.24, 2.45) is 0 Å².